The zero-order valence-corrected chi connectivity index (χ0v) is 13.9. The monoisotopic (exact) mass is 390 g/mol. The number of hydrogen-bond donors (Lipinski definition) is 1. The number of halogens is 3. The van der Waals surface area contributed by atoms with Crippen LogP contribution in [0.25, 0.3) is 0 Å². The van der Waals surface area contributed by atoms with Crippen LogP contribution in [0.15, 0.2) is 47.4 Å². The van der Waals surface area contributed by atoms with Crippen LogP contribution in [0.2, 0.25) is 0 Å². The van der Waals surface area contributed by atoms with Gasteiger partial charge in [-0.05, 0) is 36.2 Å². The van der Waals surface area contributed by atoms with E-state index in [0.29, 0.717) is 17.7 Å². The molecule has 2 aromatic carbocycles. The molecule has 2 aromatic rings. The van der Waals surface area contributed by atoms with Gasteiger partial charge in [-0.2, -0.15) is 13.2 Å². The lowest BCUT2D eigenvalue weighted by atomic mass is 10.1. The summed E-state index contributed by atoms with van der Waals surface area (Å²) in [5, 5.41) is 10.7. The van der Waals surface area contributed by atoms with Gasteiger partial charge in [0.2, 0.25) is 15.8 Å². The summed E-state index contributed by atoms with van der Waals surface area (Å²) in [6.45, 7) is -2.99. The minimum absolute atomic E-state index is 0.0250. The third-order valence-electron chi connectivity index (χ3n) is 3.28. The molecule has 140 valence electrons. The first-order valence-electron chi connectivity index (χ1n) is 7.16. The van der Waals surface area contributed by atoms with Crippen molar-refractivity contribution in [3.05, 3.63) is 64.0 Å². The van der Waals surface area contributed by atoms with Crippen LogP contribution >= 0.6 is 0 Å². The zero-order chi connectivity index (χ0) is 19.3. The lowest BCUT2D eigenvalue weighted by Crippen LogP contribution is -2.26. The third-order valence-corrected chi connectivity index (χ3v) is 4.74. The summed E-state index contributed by atoms with van der Waals surface area (Å²) in [6.07, 6.45) is 0.234. The Bertz CT molecular complexity index is 889. The van der Waals surface area contributed by atoms with E-state index in [-0.39, 0.29) is 18.7 Å². The number of nitrogens with zero attached hydrogens (tertiary/aromatic N) is 1. The van der Waals surface area contributed by atoms with E-state index in [1.165, 1.54) is 24.3 Å². The Labute approximate surface area is 146 Å². The highest BCUT2D eigenvalue weighted by Gasteiger charge is 2.21. The van der Waals surface area contributed by atoms with E-state index in [0.717, 1.165) is 6.07 Å². The lowest BCUT2D eigenvalue weighted by molar-refractivity contribution is -0.387. The maximum Gasteiger partial charge on any atom is 0.387 e. The van der Waals surface area contributed by atoms with Crippen LogP contribution in [0.3, 0.4) is 0 Å². The fourth-order valence-electron chi connectivity index (χ4n) is 2.05. The minimum Gasteiger partial charge on any atom is -0.435 e. The molecule has 2 rings (SSSR count). The van der Waals surface area contributed by atoms with Crippen molar-refractivity contribution in [3.8, 4) is 5.75 Å². The van der Waals surface area contributed by atoms with Crippen molar-refractivity contribution in [2.75, 3.05) is 6.54 Å². The largest absolute Gasteiger partial charge is 0.435 e. The Hall–Kier alpha value is -2.66. The van der Waals surface area contributed by atoms with Gasteiger partial charge in [0.05, 0.1) is 9.82 Å². The van der Waals surface area contributed by atoms with E-state index in [2.05, 4.69) is 9.46 Å². The van der Waals surface area contributed by atoms with Gasteiger partial charge in [-0.1, -0.05) is 12.1 Å². The van der Waals surface area contributed by atoms with E-state index in [9.17, 15) is 31.7 Å². The molecule has 0 bridgehead atoms. The molecule has 0 aliphatic carbocycles. The Kier molecular flexibility index (Phi) is 6.16. The molecule has 1 N–H and O–H groups in total. The predicted molar refractivity (Wildman–Crippen MR) is 85.0 cm³/mol. The Morgan fingerprint density at radius 3 is 2.38 bits per heavy atom. The van der Waals surface area contributed by atoms with Gasteiger partial charge >= 0.3 is 12.3 Å². The lowest BCUT2D eigenvalue weighted by Gasteiger charge is -2.08. The second-order valence-electron chi connectivity index (χ2n) is 5.04. The van der Waals surface area contributed by atoms with E-state index < -0.39 is 38.0 Å². The number of hydrogen-bond acceptors (Lipinski definition) is 5. The van der Waals surface area contributed by atoms with Crippen molar-refractivity contribution in [2.45, 2.75) is 17.9 Å². The molecule has 0 aliphatic rings. The molecule has 7 nitrogen and oxygen atoms in total. The molecule has 0 saturated carbocycles. The van der Waals surface area contributed by atoms with Crippen molar-refractivity contribution < 1.29 is 31.2 Å². The van der Waals surface area contributed by atoms with Crippen LogP contribution in [-0.2, 0) is 16.4 Å². The number of sulfonamides is 1. The minimum atomic E-state index is -4.07. The van der Waals surface area contributed by atoms with E-state index >= 15 is 0 Å². The summed E-state index contributed by atoms with van der Waals surface area (Å²) >= 11 is 0. The van der Waals surface area contributed by atoms with E-state index in [1.54, 1.807) is 0 Å². The molecule has 0 fully saturated rings. The van der Waals surface area contributed by atoms with Gasteiger partial charge < -0.3 is 4.74 Å². The average Bonchev–Trinajstić information content (AvgIpc) is 2.55. The number of benzene rings is 2. The van der Waals surface area contributed by atoms with E-state index in [1.807, 2.05) is 0 Å². The molecule has 0 spiro atoms. The highest BCUT2D eigenvalue weighted by atomic mass is 32.2. The summed E-state index contributed by atoms with van der Waals surface area (Å²) in [7, 11) is -4.07. The molecule has 0 unspecified atom stereocenters. The maximum atomic E-state index is 13.3. The van der Waals surface area contributed by atoms with Crippen LogP contribution in [0.4, 0.5) is 18.9 Å². The van der Waals surface area contributed by atoms with Crippen molar-refractivity contribution in [3.63, 3.8) is 0 Å². The number of ether oxygens (including phenoxy) is 1. The van der Waals surface area contributed by atoms with Crippen LogP contribution in [0.5, 0.6) is 5.75 Å². The summed E-state index contributed by atoms with van der Waals surface area (Å²) < 4.78 is 68.1. The SMILES string of the molecule is O=[N+]([O-])c1cc(S(=O)(=O)NCCc2ccc(OC(F)F)cc2)ccc1F. The first-order chi connectivity index (χ1) is 12.2. The van der Waals surface area contributed by atoms with Gasteiger partial charge in [0, 0.05) is 12.6 Å². The molecule has 0 heterocycles. The second kappa shape index (κ2) is 8.15. The molecule has 0 atom stereocenters. The molecular formula is C15H13F3N2O5S. The number of rotatable bonds is 8. The predicted octanol–water partition coefficient (Wildman–Crippen LogP) is 2.86. The molecule has 0 amide bonds. The first-order valence-corrected chi connectivity index (χ1v) is 8.65. The standard InChI is InChI=1S/C15H13F3N2O5S/c16-13-6-5-12(9-14(13)20(21)22)26(23,24)19-8-7-10-1-3-11(4-2-10)25-15(17)18/h1-6,9,15,19H,7-8H2. The Morgan fingerprint density at radius 1 is 1.15 bits per heavy atom. The van der Waals surface area contributed by atoms with Crippen LogP contribution in [0.1, 0.15) is 5.56 Å². The number of nitrogens with one attached hydrogen (secondary N) is 1. The third kappa shape index (κ3) is 5.17. The van der Waals surface area contributed by atoms with Crippen molar-refractivity contribution in [2.24, 2.45) is 0 Å². The van der Waals surface area contributed by atoms with E-state index in [4.69, 9.17) is 0 Å². The smallest absolute Gasteiger partial charge is 0.387 e. The molecule has 26 heavy (non-hydrogen) atoms. The molecule has 0 radical (unpaired) electrons. The first kappa shape index (κ1) is 19.7. The Morgan fingerprint density at radius 2 is 1.81 bits per heavy atom. The second-order valence-corrected chi connectivity index (χ2v) is 6.81. The van der Waals surface area contributed by atoms with Crippen molar-refractivity contribution >= 4 is 15.7 Å². The van der Waals surface area contributed by atoms with Crippen LogP contribution < -0.4 is 9.46 Å². The molecule has 0 aliphatic heterocycles. The zero-order valence-electron chi connectivity index (χ0n) is 13.1. The highest BCUT2D eigenvalue weighted by molar-refractivity contribution is 7.89. The Balaban J connectivity index is 2.00. The van der Waals surface area contributed by atoms with Gasteiger partial charge in [0.25, 0.3) is 0 Å². The quantitative estimate of drug-likeness (QED) is 0.552. The fraction of sp³-hybridized carbons (Fsp3) is 0.200. The average molecular weight is 390 g/mol. The summed E-state index contributed by atoms with van der Waals surface area (Å²) in [4.78, 5) is 9.23. The van der Waals surface area contributed by atoms with Gasteiger partial charge in [0.1, 0.15) is 5.75 Å². The van der Waals surface area contributed by atoms with Gasteiger partial charge in [-0.15, -0.1) is 0 Å². The number of nitro benzene ring substituents is 1. The maximum absolute atomic E-state index is 13.3. The topological polar surface area (TPSA) is 98.5 Å². The molecular weight excluding hydrogens is 377 g/mol. The normalized spacial score (nSPS) is 11.5. The highest BCUT2D eigenvalue weighted by Crippen LogP contribution is 2.21. The molecule has 0 saturated heterocycles. The van der Waals surface area contributed by atoms with Crippen molar-refractivity contribution in [1.82, 2.24) is 4.72 Å². The summed E-state index contributed by atoms with van der Waals surface area (Å²) in [6, 6.07) is 7.88. The van der Waals surface area contributed by atoms with Crippen LogP contribution in [0, 0.1) is 15.9 Å². The number of nitro groups is 1. The molecule has 11 heteroatoms. The van der Waals surface area contributed by atoms with Gasteiger partial charge in [-0.25, -0.2) is 13.1 Å². The number of alkyl halides is 2. The van der Waals surface area contributed by atoms with Crippen molar-refractivity contribution in [1.29, 1.82) is 0 Å². The van der Waals surface area contributed by atoms with Gasteiger partial charge in [-0.3, -0.25) is 10.1 Å². The summed E-state index contributed by atoms with van der Waals surface area (Å²) in [5.74, 6) is -1.16. The van der Waals surface area contributed by atoms with Crippen LogP contribution in [-0.4, -0.2) is 26.5 Å². The van der Waals surface area contributed by atoms with Gasteiger partial charge in [0.15, 0.2) is 0 Å². The molecule has 0 aromatic heterocycles. The summed E-state index contributed by atoms with van der Waals surface area (Å²) in [5.41, 5.74) is -0.290. The fourth-order valence-corrected chi connectivity index (χ4v) is 3.10.